The van der Waals surface area contributed by atoms with Crippen LogP contribution in [0.3, 0.4) is 0 Å². The fourth-order valence-corrected chi connectivity index (χ4v) is 5.16. The average Bonchev–Trinajstić information content (AvgIpc) is 3.51. The first kappa shape index (κ1) is 32.2. The van der Waals surface area contributed by atoms with Crippen molar-refractivity contribution in [3.05, 3.63) is 57.6 Å². The molecular formula is C24H24Cl2N6O8S2. The van der Waals surface area contributed by atoms with Crippen LogP contribution >= 0.6 is 47.3 Å². The van der Waals surface area contributed by atoms with Gasteiger partial charge in [-0.2, -0.15) is 5.10 Å². The summed E-state index contributed by atoms with van der Waals surface area (Å²) in [5, 5.41) is 46.1. The van der Waals surface area contributed by atoms with Crippen LogP contribution in [0.5, 0.6) is 5.75 Å². The highest BCUT2D eigenvalue weighted by Gasteiger charge is 2.35. The number of amides is 1. The molecule has 0 spiro atoms. The summed E-state index contributed by atoms with van der Waals surface area (Å²) in [6.45, 7) is 7.94. The first-order chi connectivity index (χ1) is 19.9. The first-order valence-corrected chi connectivity index (χ1v) is 14.2. The molecule has 2 aromatic carbocycles. The maximum absolute atomic E-state index is 13.0. The van der Waals surface area contributed by atoms with E-state index in [1.807, 2.05) is 27.7 Å². The van der Waals surface area contributed by atoms with Crippen molar-refractivity contribution in [1.29, 1.82) is 0 Å². The van der Waals surface area contributed by atoms with Gasteiger partial charge in [0.2, 0.25) is 5.82 Å². The van der Waals surface area contributed by atoms with Crippen LogP contribution < -0.4 is 5.32 Å². The third-order valence-corrected chi connectivity index (χ3v) is 7.35. The largest absolute Gasteiger partial charge is 0.505 e. The maximum atomic E-state index is 13.0. The Morgan fingerprint density at radius 2 is 1.67 bits per heavy atom. The molecule has 42 heavy (non-hydrogen) atoms. The van der Waals surface area contributed by atoms with E-state index in [0.717, 1.165) is 0 Å². The number of halogens is 2. The van der Waals surface area contributed by atoms with Crippen LogP contribution in [0.1, 0.15) is 55.6 Å². The number of aromatic hydroxyl groups is 1. The number of rotatable bonds is 11. The molecule has 3 aromatic rings. The van der Waals surface area contributed by atoms with Crippen LogP contribution in [-0.2, 0) is 18.7 Å². The second-order valence-corrected chi connectivity index (χ2v) is 12.2. The van der Waals surface area contributed by atoms with Gasteiger partial charge < -0.3 is 10.4 Å². The number of carbonyl (C=O) groups excluding carboxylic acids is 1. The Hall–Kier alpha value is -2.77. The van der Waals surface area contributed by atoms with Gasteiger partial charge in [-0.15, -0.1) is 18.6 Å². The number of aromatic nitrogens is 3. The minimum absolute atomic E-state index is 0.0546. The summed E-state index contributed by atoms with van der Waals surface area (Å²) in [6, 6.07) is 7.48. The normalized spacial score (nSPS) is 14.7. The van der Waals surface area contributed by atoms with Gasteiger partial charge in [0, 0.05) is 33.2 Å². The SMILES string of the molecule is CC(CNC(=O)c1cc(SOOO)cc(SOOO)c1)c1nc2n(n1)N=C(C(C)(C)C)C2=Nc1cc(Cl)c(O)c(Cl)c1. The number of phenols is 1. The van der Waals surface area contributed by atoms with Crippen molar-refractivity contribution >= 4 is 70.3 Å². The summed E-state index contributed by atoms with van der Waals surface area (Å²) in [4.78, 5) is 24.5. The van der Waals surface area contributed by atoms with Gasteiger partial charge in [-0.05, 0) is 30.3 Å². The van der Waals surface area contributed by atoms with Crippen molar-refractivity contribution < 1.29 is 39.2 Å². The maximum Gasteiger partial charge on any atom is 0.251 e. The van der Waals surface area contributed by atoms with E-state index in [1.165, 1.54) is 35.1 Å². The lowest BCUT2D eigenvalue weighted by Gasteiger charge is -2.18. The molecule has 0 saturated carbocycles. The van der Waals surface area contributed by atoms with Crippen molar-refractivity contribution in [2.75, 3.05) is 6.54 Å². The van der Waals surface area contributed by atoms with E-state index in [1.54, 1.807) is 0 Å². The monoisotopic (exact) mass is 658 g/mol. The highest BCUT2D eigenvalue weighted by molar-refractivity contribution is 7.95. The molecule has 224 valence electrons. The van der Waals surface area contributed by atoms with Crippen LogP contribution in [0, 0.1) is 5.41 Å². The third kappa shape index (κ3) is 7.59. The van der Waals surface area contributed by atoms with Crippen LogP contribution in [0.25, 0.3) is 0 Å². The van der Waals surface area contributed by atoms with Gasteiger partial charge in [0.25, 0.3) is 5.91 Å². The fraction of sp³-hybridized carbons (Fsp3) is 0.292. The van der Waals surface area contributed by atoms with Crippen LogP contribution in [-0.4, -0.2) is 54.4 Å². The summed E-state index contributed by atoms with van der Waals surface area (Å²) >= 11 is 13.5. The van der Waals surface area contributed by atoms with E-state index in [9.17, 15) is 9.90 Å². The van der Waals surface area contributed by atoms with E-state index in [0.29, 0.717) is 62.6 Å². The summed E-state index contributed by atoms with van der Waals surface area (Å²) in [5.41, 5.74) is 1.33. The van der Waals surface area contributed by atoms with Crippen LogP contribution in [0.4, 0.5) is 5.69 Å². The van der Waals surface area contributed by atoms with Crippen molar-refractivity contribution in [2.45, 2.75) is 43.4 Å². The predicted octanol–water partition coefficient (Wildman–Crippen LogP) is 6.07. The first-order valence-electron chi connectivity index (χ1n) is 12.0. The number of nitrogens with one attached hydrogen (secondary N) is 1. The predicted molar refractivity (Wildman–Crippen MR) is 155 cm³/mol. The van der Waals surface area contributed by atoms with Gasteiger partial charge in [-0.1, -0.05) is 61.0 Å². The van der Waals surface area contributed by atoms with Crippen molar-refractivity contribution in [3.63, 3.8) is 0 Å². The zero-order valence-electron chi connectivity index (χ0n) is 22.4. The number of aliphatic imine (C=N–C) groups is 1. The molecule has 4 rings (SSSR count). The summed E-state index contributed by atoms with van der Waals surface area (Å²) in [6.07, 6.45) is 0. The van der Waals surface area contributed by atoms with Crippen molar-refractivity contribution in [1.82, 2.24) is 20.2 Å². The zero-order chi connectivity index (χ0) is 30.6. The van der Waals surface area contributed by atoms with E-state index in [2.05, 4.69) is 39.2 Å². The lowest BCUT2D eigenvalue weighted by Crippen LogP contribution is -2.29. The fourth-order valence-electron chi connectivity index (χ4n) is 3.70. The van der Waals surface area contributed by atoms with Crippen molar-refractivity contribution in [3.8, 4) is 5.75 Å². The van der Waals surface area contributed by atoms with Crippen LogP contribution in [0.2, 0.25) is 10.0 Å². The molecule has 4 N–H and O–H groups in total. The molecule has 1 atom stereocenters. The molecule has 0 bridgehead atoms. The number of nitrogens with zero attached hydrogens (tertiary/aromatic N) is 5. The number of carbonyl (C=O) groups is 1. The topological polar surface area (TPSA) is 182 Å². The minimum atomic E-state index is -0.441. The van der Waals surface area contributed by atoms with E-state index in [4.69, 9.17) is 38.7 Å². The quantitative estimate of drug-likeness (QED) is 0.106. The number of hydrogen-bond acceptors (Lipinski definition) is 14. The number of benzene rings is 2. The van der Waals surface area contributed by atoms with Gasteiger partial charge >= 0.3 is 0 Å². The summed E-state index contributed by atoms with van der Waals surface area (Å²) in [7, 11) is 0. The van der Waals surface area contributed by atoms with E-state index in [-0.39, 0.29) is 33.8 Å². The molecule has 18 heteroatoms. The molecule has 0 saturated heterocycles. The Kier molecular flexibility index (Phi) is 10.5. The third-order valence-electron chi connectivity index (χ3n) is 5.66. The molecule has 0 radical (unpaired) electrons. The molecule has 1 unspecified atom stereocenters. The molecule has 0 fully saturated rings. The Balaban J connectivity index is 1.55. The molecule has 14 nitrogen and oxygen atoms in total. The standard InChI is InChI=1S/C24H24Cl2N6O8S2/c1-11(10-27-23(34)12-5-14(41-39-37-35)9-15(6-12)42-40-38-36)21-29-22-18(20(24(2,3)4)30-32(22)31-21)28-13-7-16(25)19(33)17(26)8-13/h5-9,11,33,35-36H,10H2,1-4H3,(H,27,34). The van der Waals surface area contributed by atoms with Crippen LogP contribution in [0.15, 0.2) is 50.2 Å². The zero-order valence-corrected chi connectivity index (χ0v) is 25.5. The lowest BCUT2D eigenvalue weighted by atomic mass is 9.87. The molecular weight excluding hydrogens is 635 g/mol. The van der Waals surface area contributed by atoms with Gasteiger partial charge in [0.15, 0.2) is 11.6 Å². The molecule has 1 aromatic heterocycles. The lowest BCUT2D eigenvalue weighted by molar-refractivity contribution is -0.432. The highest BCUT2D eigenvalue weighted by Crippen LogP contribution is 2.37. The second-order valence-electron chi connectivity index (χ2n) is 9.86. The summed E-state index contributed by atoms with van der Waals surface area (Å²) in [5.74, 6) is -0.192. The highest BCUT2D eigenvalue weighted by atomic mass is 35.5. The Bertz CT molecular complexity index is 1500. The Morgan fingerprint density at radius 3 is 2.21 bits per heavy atom. The van der Waals surface area contributed by atoms with Crippen molar-refractivity contribution in [2.24, 2.45) is 15.5 Å². The van der Waals surface area contributed by atoms with Gasteiger partial charge in [0.05, 0.1) is 45.5 Å². The molecule has 1 aliphatic rings. The second kappa shape index (κ2) is 13.7. The molecule has 1 amide bonds. The minimum Gasteiger partial charge on any atom is -0.505 e. The number of phenolic OH excluding ortho intramolecular Hbond substituents is 1. The Labute approximate surface area is 257 Å². The van der Waals surface area contributed by atoms with Gasteiger partial charge in [-0.3, -0.25) is 4.79 Å². The van der Waals surface area contributed by atoms with E-state index >= 15 is 0 Å². The molecule has 1 aliphatic heterocycles. The van der Waals surface area contributed by atoms with Gasteiger partial charge in [0.1, 0.15) is 5.71 Å². The summed E-state index contributed by atoms with van der Waals surface area (Å²) < 4.78 is 8.87. The number of fused-ring (bicyclic) bond motifs is 1. The molecule has 2 heterocycles. The molecule has 0 aliphatic carbocycles. The average molecular weight is 660 g/mol. The Morgan fingerprint density at radius 1 is 1.07 bits per heavy atom. The number of hydrogen-bond donors (Lipinski definition) is 4. The van der Waals surface area contributed by atoms with E-state index < -0.39 is 11.3 Å². The van der Waals surface area contributed by atoms with Gasteiger partial charge in [-0.25, -0.2) is 20.5 Å². The smallest absolute Gasteiger partial charge is 0.251 e.